The van der Waals surface area contributed by atoms with Gasteiger partial charge in [0.05, 0.1) is 5.69 Å². The van der Waals surface area contributed by atoms with Gasteiger partial charge in [0.15, 0.2) is 0 Å². The lowest BCUT2D eigenvalue weighted by molar-refractivity contribution is 0.0691. The first-order valence-corrected chi connectivity index (χ1v) is 7.43. The van der Waals surface area contributed by atoms with E-state index in [1.807, 2.05) is 0 Å². The number of hydrogen-bond donors (Lipinski definition) is 1. The minimum atomic E-state index is -4.05. The van der Waals surface area contributed by atoms with Crippen LogP contribution < -0.4 is 4.31 Å². The molecule has 2 heterocycles. The third kappa shape index (κ3) is 2.49. The van der Waals surface area contributed by atoms with Gasteiger partial charge >= 0.3 is 5.97 Å². The van der Waals surface area contributed by atoms with E-state index in [1.54, 1.807) is 0 Å². The van der Waals surface area contributed by atoms with E-state index in [4.69, 9.17) is 4.42 Å². The molecule has 8 heteroatoms. The summed E-state index contributed by atoms with van der Waals surface area (Å²) in [5.74, 6) is -1.24. The van der Waals surface area contributed by atoms with Crippen molar-refractivity contribution < 1.29 is 22.7 Å². The molecule has 0 bridgehead atoms. The Morgan fingerprint density at radius 2 is 1.81 bits per heavy atom. The molecule has 0 atom stereocenters. The molecule has 2 aromatic heterocycles. The predicted molar refractivity (Wildman–Crippen MR) is 75.0 cm³/mol. The molecule has 7 nitrogen and oxygen atoms in total. The number of carboxylic acid groups (broad SMARTS) is 1. The zero-order valence-electron chi connectivity index (χ0n) is 11.7. The third-order valence-electron chi connectivity index (χ3n) is 3.06. The molecule has 0 unspecified atom stereocenters. The van der Waals surface area contributed by atoms with Crippen LogP contribution in [0.25, 0.3) is 0 Å². The average Bonchev–Trinajstić information content (AvgIpc) is 2.74. The Balaban J connectivity index is 2.63. The Morgan fingerprint density at radius 3 is 2.33 bits per heavy atom. The second-order valence-electron chi connectivity index (χ2n) is 4.40. The highest BCUT2D eigenvalue weighted by molar-refractivity contribution is 7.93. The summed E-state index contributed by atoms with van der Waals surface area (Å²) in [5, 5.41) is 9.22. The van der Waals surface area contributed by atoms with Crippen LogP contribution >= 0.6 is 0 Å². The van der Waals surface area contributed by atoms with Gasteiger partial charge in [0, 0.05) is 19.4 Å². The van der Waals surface area contributed by atoms with Crippen LogP contribution in [0.1, 0.15) is 21.9 Å². The molecule has 0 fully saturated rings. The molecule has 0 aromatic carbocycles. The van der Waals surface area contributed by atoms with Crippen LogP contribution in [0.2, 0.25) is 0 Å². The van der Waals surface area contributed by atoms with Gasteiger partial charge in [-0.25, -0.2) is 13.2 Å². The van der Waals surface area contributed by atoms with Crippen LogP contribution in [-0.4, -0.2) is 31.5 Å². The summed E-state index contributed by atoms with van der Waals surface area (Å²) < 4.78 is 31.5. The van der Waals surface area contributed by atoms with E-state index in [1.165, 1.54) is 45.4 Å². The van der Waals surface area contributed by atoms with Gasteiger partial charge in [-0.05, 0) is 26.0 Å². The molecule has 0 saturated heterocycles. The van der Waals surface area contributed by atoms with E-state index in [2.05, 4.69) is 4.98 Å². The van der Waals surface area contributed by atoms with Crippen LogP contribution in [0.4, 0.5) is 5.69 Å². The fraction of sp³-hybridized carbons (Fsp3) is 0.231. The van der Waals surface area contributed by atoms with Gasteiger partial charge in [-0.3, -0.25) is 9.29 Å². The minimum absolute atomic E-state index is 0.0470. The van der Waals surface area contributed by atoms with Gasteiger partial charge in [0.2, 0.25) is 0 Å². The monoisotopic (exact) mass is 310 g/mol. The van der Waals surface area contributed by atoms with E-state index in [0.717, 1.165) is 4.31 Å². The lowest BCUT2D eigenvalue weighted by Gasteiger charge is -2.19. The number of furan rings is 1. The lowest BCUT2D eigenvalue weighted by Crippen LogP contribution is -2.28. The fourth-order valence-corrected chi connectivity index (χ4v) is 3.62. The highest BCUT2D eigenvalue weighted by atomic mass is 32.2. The number of aryl methyl sites for hydroxylation is 2. The Kier molecular flexibility index (Phi) is 3.73. The molecule has 21 heavy (non-hydrogen) atoms. The smallest absolute Gasteiger partial charge is 0.340 e. The topological polar surface area (TPSA) is 101 Å². The fourth-order valence-electron chi connectivity index (χ4n) is 2.05. The summed E-state index contributed by atoms with van der Waals surface area (Å²) in [6.45, 7) is 2.84. The molecule has 0 aliphatic carbocycles. The van der Waals surface area contributed by atoms with Crippen molar-refractivity contribution in [2.24, 2.45) is 0 Å². The van der Waals surface area contributed by atoms with E-state index < -0.39 is 16.0 Å². The quantitative estimate of drug-likeness (QED) is 0.924. The zero-order valence-corrected chi connectivity index (χ0v) is 12.5. The first-order valence-electron chi connectivity index (χ1n) is 5.99. The number of anilines is 1. The normalized spacial score (nSPS) is 11.4. The number of carboxylic acids is 1. The summed E-state index contributed by atoms with van der Waals surface area (Å²) in [6, 6.07) is 3.03. The van der Waals surface area contributed by atoms with Crippen molar-refractivity contribution in [2.45, 2.75) is 18.7 Å². The Hall–Kier alpha value is -2.35. The van der Waals surface area contributed by atoms with Crippen molar-refractivity contribution in [3.05, 3.63) is 41.6 Å². The number of aromatic nitrogens is 1. The largest absolute Gasteiger partial charge is 0.478 e. The van der Waals surface area contributed by atoms with E-state index >= 15 is 0 Å². The highest BCUT2D eigenvalue weighted by Gasteiger charge is 2.33. The molecule has 0 aliphatic heterocycles. The van der Waals surface area contributed by atoms with Crippen LogP contribution in [0.5, 0.6) is 0 Å². The first kappa shape index (κ1) is 15.0. The number of hydrogen-bond acceptors (Lipinski definition) is 5. The number of carbonyl (C=O) groups is 1. The summed E-state index contributed by atoms with van der Waals surface area (Å²) >= 11 is 0. The maximum absolute atomic E-state index is 12.7. The van der Waals surface area contributed by atoms with Gasteiger partial charge in [-0.15, -0.1) is 0 Å². The van der Waals surface area contributed by atoms with Crippen molar-refractivity contribution >= 4 is 21.7 Å². The molecule has 112 valence electrons. The molecule has 0 spiro atoms. The summed E-state index contributed by atoms with van der Waals surface area (Å²) in [6.07, 6.45) is 2.90. The molecule has 0 amide bonds. The number of aromatic carboxylic acids is 1. The molecular weight excluding hydrogens is 296 g/mol. The Morgan fingerprint density at radius 1 is 1.24 bits per heavy atom. The van der Waals surface area contributed by atoms with Crippen LogP contribution in [-0.2, 0) is 10.0 Å². The predicted octanol–water partition coefficient (Wildman–Crippen LogP) is 1.81. The standard InChI is InChI=1S/C13H14N2O5S/c1-8-11(13(16)17)12(9(2)20-8)21(18,19)15(3)10-4-6-14-7-5-10/h4-7H,1-3H3,(H,16,17). The van der Waals surface area contributed by atoms with E-state index in [-0.39, 0.29) is 22.0 Å². The molecule has 0 saturated carbocycles. The first-order chi connectivity index (χ1) is 9.76. The minimum Gasteiger partial charge on any atom is -0.478 e. The highest BCUT2D eigenvalue weighted by Crippen LogP contribution is 2.30. The van der Waals surface area contributed by atoms with Gasteiger partial charge in [0.1, 0.15) is 22.0 Å². The van der Waals surface area contributed by atoms with Crippen LogP contribution in [0, 0.1) is 13.8 Å². The number of rotatable bonds is 4. The van der Waals surface area contributed by atoms with E-state index in [9.17, 15) is 18.3 Å². The second-order valence-corrected chi connectivity index (χ2v) is 6.31. The molecule has 1 N–H and O–H groups in total. The molecule has 0 aliphatic rings. The third-order valence-corrected chi connectivity index (χ3v) is 5.00. The Labute approximate surface area is 121 Å². The maximum Gasteiger partial charge on any atom is 0.340 e. The van der Waals surface area contributed by atoms with Crippen LogP contribution in [0.15, 0.2) is 33.8 Å². The van der Waals surface area contributed by atoms with Crippen molar-refractivity contribution in [1.29, 1.82) is 0 Å². The summed E-state index contributed by atoms with van der Waals surface area (Å²) in [5.41, 5.74) is 0.0352. The lowest BCUT2D eigenvalue weighted by atomic mass is 10.2. The Bertz CT molecular complexity index is 780. The van der Waals surface area contributed by atoms with Crippen molar-refractivity contribution in [2.75, 3.05) is 11.4 Å². The summed E-state index contributed by atoms with van der Waals surface area (Å²) in [4.78, 5) is 14.8. The van der Waals surface area contributed by atoms with Gasteiger partial charge in [-0.1, -0.05) is 0 Å². The van der Waals surface area contributed by atoms with Gasteiger partial charge < -0.3 is 9.52 Å². The maximum atomic E-state index is 12.7. The summed E-state index contributed by atoms with van der Waals surface area (Å²) in [7, 11) is -2.70. The molecule has 2 rings (SSSR count). The average molecular weight is 310 g/mol. The van der Waals surface area contributed by atoms with E-state index in [0.29, 0.717) is 5.69 Å². The van der Waals surface area contributed by atoms with Gasteiger partial charge in [-0.2, -0.15) is 0 Å². The molecule has 2 aromatic rings. The van der Waals surface area contributed by atoms with Crippen molar-refractivity contribution in [1.82, 2.24) is 4.98 Å². The number of sulfonamides is 1. The van der Waals surface area contributed by atoms with Crippen LogP contribution in [0.3, 0.4) is 0 Å². The number of nitrogens with zero attached hydrogens (tertiary/aromatic N) is 2. The SMILES string of the molecule is Cc1oc(C)c(S(=O)(=O)N(C)c2ccncc2)c1C(=O)O. The van der Waals surface area contributed by atoms with Crippen molar-refractivity contribution in [3.8, 4) is 0 Å². The second kappa shape index (κ2) is 5.21. The zero-order chi connectivity index (χ0) is 15.8. The van der Waals surface area contributed by atoms with Gasteiger partial charge in [0.25, 0.3) is 10.0 Å². The van der Waals surface area contributed by atoms with Crippen molar-refractivity contribution in [3.63, 3.8) is 0 Å². The molecule has 0 radical (unpaired) electrons. The number of pyridine rings is 1. The molecular formula is C13H14N2O5S.